The zero-order valence-electron chi connectivity index (χ0n) is 15.9. The van der Waals surface area contributed by atoms with Crippen LogP contribution in [0.1, 0.15) is 32.6 Å². The van der Waals surface area contributed by atoms with Gasteiger partial charge in [-0.1, -0.05) is 35.6 Å². The molecule has 31 heavy (non-hydrogen) atoms. The Balaban J connectivity index is 1.50. The van der Waals surface area contributed by atoms with Crippen LogP contribution in [0.4, 0.5) is 13.2 Å². The number of ether oxygens (including phenoxy) is 1. The average Bonchev–Trinajstić information content (AvgIpc) is 3.03. The first-order valence-corrected chi connectivity index (χ1v) is 9.55. The van der Waals surface area contributed by atoms with E-state index in [0.29, 0.717) is 28.3 Å². The van der Waals surface area contributed by atoms with Crippen molar-refractivity contribution in [1.82, 2.24) is 9.88 Å². The number of carbonyl (C=O) groups is 1. The van der Waals surface area contributed by atoms with Crippen LogP contribution in [0.3, 0.4) is 0 Å². The molecule has 0 N–H and O–H groups in total. The Bertz CT molecular complexity index is 1180. The Kier molecular flexibility index (Phi) is 5.57. The topological polar surface area (TPSA) is 42.4 Å². The summed E-state index contributed by atoms with van der Waals surface area (Å²) in [6, 6.07) is 12.5. The van der Waals surface area contributed by atoms with E-state index in [4.69, 9.17) is 11.6 Å². The molecule has 0 bridgehead atoms. The fraction of sp³-hybridized carbons (Fsp3) is 0.130. The minimum absolute atomic E-state index is 0.230. The van der Waals surface area contributed by atoms with Crippen LogP contribution in [0.5, 0.6) is 5.75 Å². The van der Waals surface area contributed by atoms with Crippen molar-refractivity contribution in [2.24, 2.45) is 0 Å². The van der Waals surface area contributed by atoms with E-state index in [1.165, 1.54) is 24.3 Å². The van der Waals surface area contributed by atoms with E-state index in [2.05, 4.69) is 21.6 Å². The number of rotatable bonds is 3. The monoisotopic (exact) mass is 442 g/mol. The molecule has 2 aromatic carbocycles. The van der Waals surface area contributed by atoms with Gasteiger partial charge in [0.1, 0.15) is 5.75 Å². The highest BCUT2D eigenvalue weighted by atomic mass is 35.5. The van der Waals surface area contributed by atoms with Gasteiger partial charge in [0.05, 0.1) is 10.6 Å². The fourth-order valence-corrected chi connectivity index (χ4v) is 3.58. The van der Waals surface area contributed by atoms with E-state index in [-0.39, 0.29) is 18.2 Å². The Morgan fingerprint density at radius 3 is 2.39 bits per heavy atom. The molecule has 0 saturated carbocycles. The first-order valence-electron chi connectivity index (χ1n) is 9.17. The predicted octanol–water partition coefficient (Wildman–Crippen LogP) is 5.19. The van der Waals surface area contributed by atoms with Crippen LogP contribution in [-0.4, -0.2) is 22.2 Å². The molecule has 156 valence electrons. The van der Waals surface area contributed by atoms with Gasteiger partial charge in [-0.05, 0) is 47.5 Å². The maximum atomic E-state index is 12.8. The van der Waals surface area contributed by atoms with Crippen LogP contribution in [0.2, 0.25) is 5.02 Å². The highest BCUT2D eigenvalue weighted by Crippen LogP contribution is 2.32. The molecular formula is C23H14ClF3N2O2. The number of pyridine rings is 1. The summed E-state index contributed by atoms with van der Waals surface area (Å²) in [5.41, 5.74) is 3.34. The number of alkyl halides is 3. The van der Waals surface area contributed by atoms with Crippen LogP contribution < -0.4 is 4.74 Å². The molecule has 0 radical (unpaired) electrons. The van der Waals surface area contributed by atoms with E-state index in [1.54, 1.807) is 35.5 Å². The van der Waals surface area contributed by atoms with Gasteiger partial charge in [0.2, 0.25) is 0 Å². The second kappa shape index (κ2) is 8.32. The lowest BCUT2D eigenvalue weighted by atomic mass is 10.1. The zero-order valence-corrected chi connectivity index (χ0v) is 16.7. The second-order valence-electron chi connectivity index (χ2n) is 6.83. The number of hydrogen-bond donors (Lipinski definition) is 0. The molecule has 2 heterocycles. The summed E-state index contributed by atoms with van der Waals surface area (Å²) in [5.74, 6) is 5.52. The lowest BCUT2D eigenvalue weighted by Gasteiger charge is -2.16. The summed E-state index contributed by atoms with van der Waals surface area (Å²) in [4.78, 5) is 18.3. The van der Waals surface area contributed by atoms with Gasteiger partial charge in [0.25, 0.3) is 5.91 Å². The van der Waals surface area contributed by atoms with Gasteiger partial charge in [-0.25, -0.2) is 0 Å². The van der Waals surface area contributed by atoms with Crippen LogP contribution >= 0.6 is 11.6 Å². The molecule has 0 unspecified atom stereocenters. The van der Waals surface area contributed by atoms with Crippen molar-refractivity contribution in [2.45, 2.75) is 19.5 Å². The first kappa shape index (κ1) is 20.8. The summed E-state index contributed by atoms with van der Waals surface area (Å²) in [7, 11) is 0. The van der Waals surface area contributed by atoms with Gasteiger partial charge in [-0.2, -0.15) is 0 Å². The van der Waals surface area contributed by atoms with E-state index in [1.807, 2.05) is 6.07 Å². The fourth-order valence-electron chi connectivity index (χ4n) is 3.26. The number of benzene rings is 2. The molecule has 0 spiro atoms. The molecule has 1 aliphatic rings. The van der Waals surface area contributed by atoms with Gasteiger partial charge >= 0.3 is 6.36 Å². The van der Waals surface area contributed by atoms with Gasteiger partial charge in [0.15, 0.2) is 0 Å². The predicted molar refractivity (Wildman–Crippen MR) is 108 cm³/mol. The lowest BCUT2D eigenvalue weighted by Crippen LogP contribution is -2.23. The second-order valence-corrected chi connectivity index (χ2v) is 7.24. The third-order valence-corrected chi connectivity index (χ3v) is 4.89. The Labute approximate surface area is 181 Å². The van der Waals surface area contributed by atoms with Crippen LogP contribution in [-0.2, 0) is 13.1 Å². The normalized spacial score (nSPS) is 12.9. The van der Waals surface area contributed by atoms with E-state index < -0.39 is 6.36 Å². The van der Waals surface area contributed by atoms with Crippen LogP contribution in [0, 0.1) is 11.8 Å². The Morgan fingerprint density at radius 1 is 1.03 bits per heavy atom. The van der Waals surface area contributed by atoms with E-state index >= 15 is 0 Å². The number of carbonyl (C=O) groups excluding carboxylic acids is 1. The molecule has 4 nitrogen and oxygen atoms in total. The molecule has 0 aliphatic carbocycles. The number of hydrogen-bond acceptors (Lipinski definition) is 3. The van der Waals surface area contributed by atoms with Crippen LogP contribution in [0.25, 0.3) is 0 Å². The summed E-state index contributed by atoms with van der Waals surface area (Å²) in [6.07, 6.45) is -1.45. The number of nitrogens with zero attached hydrogens (tertiary/aromatic N) is 2. The molecule has 4 rings (SSSR count). The third-order valence-electron chi connectivity index (χ3n) is 4.60. The standard InChI is InChI=1S/C23H14ClF3N2O2/c24-20-12-17(2-1-15-7-9-28-10-8-15)11-18-14-29(22(30)21(18)20)13-16-3-5-19(6-4-16)31-23(25,26)27/h3-12H,13-14H2. The number of amides is 1. The summed E-state index contributed by atoms with van der Waals surface area (Å²) in [6.45, 7) is 0.563. The Morgan fingerprint density at radius 2 is 1.71 bits per heavy atom. The summed E-state index contributed by atoms with van der Waals surface area (Å²) in [5, 5.41) is 0.318. The molecule has 1 amide bonds. The van der Waals surface area contributed by atoms with Gasteiger partial charge < -0.3 is 9.64 Å². The lowest BCUT2D eigenvalue weighted by molar-refractivity contribution is -0.274. The largest absolute Gasteiger partial charge is 0.573 e. The third kappa shape index (κ3) is 4.98. The quantitative estimate of drug-likeness (QED) is 0.524. The van der Waals surface area contributed by atoms with Gasteiger partial charge in [0, 0.05) is 36.6 Å². The Hall–Kier alpha value is -3.50. The zero-order chi connectivity index (χ0) is 22.0. The van der Waals surface area contributed by atoms with Crippen molar-refractivity contribution < 1.29 is 22.7 Å². The number of fused-ring (bicyclic) bond motifs is 1. The SMILES string of the molecule is O=C1c2c(Cl)cc(C#Cc3ccncc3)cc2CN1Cc1ccc(OC(F)(F)F)cc1. The highest BCUT2D eigenvalue weighted by molar-refractivity contribution is 6.34. The maximum Gasteiger partial charge on any atom is 0.573 e. The molecule has 1 aliphatic heterocycles. The molecule has 8 heteroatoms. The van der Waals surface area contributed by atoms with E-state index in [0.717, 1.165) is 11.1 Å². The number of aromatic nitrogens is 1. The molecule has 0 fully saturated rings. The molecule has 0 atom stereocenters. The summed E-state index contributed by atoms with van der Waals surface area (Å²) >= 11 is 6.35. The van der Waals surface area contributed by atoms with Crippen molar-refractivity contribution in [3.8, 4) is 17.6 Å². The number of halogens is 4. The van der Waals surface area contributed by atoms with Gasteiger partial charge in [-0.15, -0.1) is 13.2 Å². The minimum Gasteiger partial charge on any atom is -0.406 e. The molecule has 0 saturated heterocycles. The average molecular weight is 443 g/mol. The molecular weight excluding hydrogens is 429 g/mol. The smallest absolute Gasteiger partial charge is 0.406 e. The molecule has 3 aromatic rings. The molecule has 1 aromatic heterocycles. The van der Waals surface area contributed by atoms with Crippen molar-refractivity contribution in [3.05, 3.63) is 93.8 Å². The van der Waals surface area contributed by atoms with Gasteiger partial charge in [-0.3, -0.25) is 9.78 Å². The summed E-state index contributed by atoms with van der Waals surface area (Å²) < 4.78 is 40.8. The van der Waals surface area contributed by atoms with Crippen molar-refractivity contribution in [2.75, 3.05) is 0 Å². The van der Waals surface area contributed by atoms with E-state index in [9.17, 15) is 18.0 Å². The minimum atomic E-state index is -4.75. The van der Waals surface area contributed by atoms with Crippen LogP contribution in [0.15, 0.2) is 60.9 Å². The first-order chi connectivity index (χ1) is 14.8. The maximum absolute atomic E-state index is 12.8. The van der Waals surface area contributed by atoms with Crippen molar-refractivity contribution >= 4 is 17.5 Å². The van der Waals surface area contributed by atoms with Crippen molar-refractivity contribution in [1.29, 1.82) is 0 Å². The van der Waals surface area contributed by atoms with Crippen molar-refractivity contribution in [3.63, 3.8) is 0 Å². The highest BCUT2D eigenvalue weighted by Gasteiger charge is 2.32.